The van der Waals surface area contributed by atoms with Crippen molar-refractivity contribution in [3.05, 3.63) is 93.1 Å². The van der Waals surface area contributed by atoms with E-state index in [1.807, 2.05) is 63.2 Å². The molecule has 0 spiro atoms. The molecule has 0 radical (unpaired) electrons. The Balaban J connectivity index is 1.95. The van der Waals surface area contributed by atoms with Crippen molar-refractivity contribution >= 4 is 40.7 Å². The molecule has 0 unspecified atom stereocenters. The van der Waals surface area contributed by atoms with Gasteiger partial charge in [-0.1, -0.05) is 66.2 Å². The van der Waals surface area contributed by atoms with Gasteiger partial charge < -0.3 is 15.5 Å². The number of hydrogen-bond donors (Lipinski definition) is 2. The van der Waals surface area contributed by atoms with E-state index in [9.17, 15) is 14.4 Å². The molecule has 0 saturated heterocycles. The second kappa shape index (κ2) is 11.3. The number of rotatable bonds is 8. The normalized spacial score (nSPS) is 12.0. The van der Waals surface area contributed by atoms with E-state index < -0.39 is 17.5 Å². The monoisotopic (exact) mass is 497 g/mol. The molecule has 8 heteroatoms. The third kappa shape index (κ3) is 6.92. The van der Waals surface area contributed by atoms with Crippen LogP contribution in [-0.4, -0.2) is 34.7 Å². The number of carbonyl (C=O) groups is 3. The predicted molar refractivity (Wildman–Crippen MR) is 136 cm³/mol. The molecule has 0 aliphatic rings. The second-order valence-electron chi connectivity index (χ2n) is 8.83. The molecule has 34 heavy (non-hydrogen) atoms. The van der Waals surface area contributed by atoms with Gasteiger partial charge in [-0.15, -0.1) is 11.3 Å². The lowest BCUT2D eigenvalue weighted by Crippen LogP contribution is -2.50. The van der Waals surface area contributed by atoms with Gasteiger partial charge in [0.1, 0.15) is 6.04 Å². The van der Waals surface area contributed by atoms with Crippen LogP contribution >= 0.6 is 22.9 Å². The summed E-state index contributed by atoms with van der Waals surface area (Å²) in [5.74, 6) is -1.05. The third-order valence-corrected chi connectivity index (χ3v) is 6.17. The van der Waals surface area contributed by atoms with Crippen molar-refractivity contribution < 1.29 is 14.4 Å². The van der Waals surface area contributed by atoms with Crippen LogP contribution in [0.25, 0.3) is 0 Å². The summed E-state index contributed by atoms with van der Waals surface area (Å²) in [5.41, 5.74) is 0.859. The third-order valence-electron chi connectivity index (χ3n) is 4.94. The van der Waals surface area contributed by atoms with Crippen molar-refractivity contribution in [1.82, 2.24) is 15.5 Å². The Kier molecular flexibility index (Phi) is 8.47. The van der Waals surface area contributed by atoms with Crippen molar-refractivity contribution in [2.24, 2.45) is 0 Å². The van der Waals surface area contributed by atoms with Gasteiger partial charge in [0.05, 0.1) is 11.4 Å². The Bertz CT molecular complexity index is 1130. The number of hydrogen-bond acceptors (Lipinski definition) is 4. The van der Waals surface area contributed by atoms with Gasteiger partial charge in [0, 0.05) is 17.1 Å². The molecule has 3 amide bonds. The van der Waals surface area contributed by atoms with Crippen LogP contribution in [0.1, 0.15) is 47.6 Å². The van der Waals surface area contributed by atoms with Crippen LogP contribution in [0.15, 0.2) is 72.1 Å². The number of carbonyl (C=O) groups excluding carboxylic acids is 3. The highest BCUT2D eigenvalue weighted by Gasteiger charge is 2.33. The fourth-order valence-electron chi connectivity index (χ4n) is 3.43. The summed E-state index contributed by atoms with van der Waals surface area (Å²) >= 11 is 7.69. The van der Waals surface area contributed by atoms with Gasteiger partial charge in [0.25, 0.3) is 5.91 Å². The quantitative estimate of drug-likeness (QED) is 0.468. The minimum atomic E-state index is -0.914. The molecule has 1 aromatic heterocycles. The highest BCUT2D eigenvalue weighted by molar-refractivity contribution is 7.12. The summed E-state index contributed by atoms with van der Waals surface area (Å²) in [6.45, 7) is 5.50. The molecule has 3 rings (SSSR count). The zero-order valence-electron chi connectivity index (χ0n) is 19.4. The molecule has 3 aromatic rings. The standard InChI is InChI=1S/C26H28ClN3O3S/c1-26(2,3)29-25(33)23(18-10-5-4-6-11-18)30(17-19-12-7-8-13-20(19)27)22(31)16-28-24(32)21-14-9-15-34-21/h4-15,23H,16-17H2,1-3H3,(H,28,32)(H,29,33)/t23-/m1/s1. The zero-order chi connectivity index (χ0) is 24.7. The number of nitrogens with one attached hydrogen (secondary N) is 2. The topological polar surface area (TPSA) is 78.5 Å². The number of nitrogens with zero attached hydrogens (tertiary/aromatic N) is 1. The maximum absolute atomic E-state index is 13.5. The van der Waals surface area contributed by atoms with Crippen LogP contribution in [0.3, 0.4) is 0 Å². The number of amides is 3. The molecule has 0 bridgehead atoms. The first kappa shape index (κ1) is 25.5. The average molecular weight is 498 g/mol. The summed E-state index contributed by atoms with van der Waals surface area (Å²) in [4.78, 5) is 41.4. The van der Waals surface area contributed by atoms with Crippen molar-refractivity contribution in [3.63, 3.8) is 0 Å². The van der Waals surface area contributed by atoms with E-state index in [-0.39, 0.29) is 24.9 Å². The van der Waals surface area contributed by atoms with E-state index in [4.69, 9.17) is 11.6 Å². The van der Waals surface area contributed by atoms with Crippen LogP contribution < -0.4 is 10.6 Å². The molecule has 1 atom stereocenters. The molecule has 6 nitrogen and oxygen atoms in total. The minimum absolute atomic E-state index is 0.102. The zero-order valence-corrected chi connectivity index (χ0v) is 21.0. The summed E-state index contributed by atoms with van der Waals surface area (Å²) in [7, 11) is 0. The molecule has 0 fully saturated rings. The van der Waals surface area contributed by atoms with E-state index >= 15 is 0 Å². The average Bonchev–Trinajstić information content (AvgIpc) is 3.33. The Morgan fingerprint density at radius 2 is 1.65 bits per heavy atom. The van der Waals surface area contributed by atoms with Crippen LogP contribution in [0, 0.1) is 0 Å². The molecule has 0 aliphatic heterocycles. The molecule has 178 valence electrons. The van der Waals surface area contributed by atoms with Gasteiger partial charge in [-0.25, -0.2) is 0 Å². The van der Waals surface area contributed by atoms with Crippen LogP contribution in [-0.2, 0) is 16.1 Å². The Morgan fingerprint density at radius 3 is 2.26 bits per heavy atom. The minimum Gasteiger partial charge on any atom is -0.349 e. The number of benzene rings is 2. The fraction of sp³-hybridized carbons (Fsp3) is 0.269. The number of halogens is 1. The fourth-order valence-corrected chi connectivity index (χ4v) is 4.27. The molecule has 1 heterocycles. The van der Waals surface area contributed by atoms with Crippen molar-refractivity contribution in [1.29, 1.82) is 0 Å². The summed E-state index contributed by atoms with van der Waals surface area (Å²) < 4.78 is 0. The number of thiophene rings is 1. The lowest BCUT2D eigenvalue weighted by atomic mass is 10.0. The summed E-state index contributed by atoms with van der Waals surface area (Å²) in [5, 5.41) is 7.95. The molecular weight excluding hydrogens is 470 g/mol. The van der Waals surface area contributed by atoms with Gasteiger partial charge >= 0.3 is 0 Å². The highest BCUT2D eigenvalue weighted by atomic mass is 35.5. The largest absolute Gasteiger partial charge is 0.349 e. The van der Waals surface area contributed by atoms with Gasteiger partial charge in [0.2, 0.25) is 11.8 Å². The Hall–Kier alpha value is -3.16. The van der Waals surface area contributed by atoms with Crippen molar-refractivity contribution in [2.75, 3.05) is 6.54 Å². The molecule has 0 saturated carbocycles. The molecule has 2 aromatic carbocycles. The van der Waals surface area contributed by atoms with E-state index in [2.05, 4.69) is 10.6 Å². The van der Waals surface area contributed by atoms with E-state index in [1.54, 1.807) is 29.6 Å². The van der Waals surface area contributed by atoms with Gasteiger partial charge in [-0.2, -0.15) is 0 Å². The first-order valence-electron chi connectivity index (χ1n) is 10.9. The summed E-state index contributed by atoms with van der Waals surface area (Å²) in [6, 6.07) is 18.9. The van der Waals surface area contributed by atoms with Crippen LogP contribution in [0.4, 0.5) is 0 Å². The maximum atomic E-state index is 13.5. The molecular formula is C26H28ClN3O3S. The first-order chi connectivity index (χ1) is 16.2. The smallest absolute Gasteiger partial charge is 0.261 e. The molecule has 2 N–H and O–H groups in total. The second-order valence-corrected chi connectivity index (χ2v) is 10.2. The lowest BCUT2D eigenvalue weighted by molar-refractivity contribution is -0.141. The highest BCUT2D eigenvalue weighted by Crippen LogP contribution is 2.27. The predicted octanol–water partition coefficient (Wildman–Crippen LogP) is 4.82. The maximum Gasteiger partial charge on any atom is 0.261 e. The van der Waals surface area contributed by atoms with E-state index in [0.717, 1.165) is 0 Å². The summed E-state index contributed by atoms with van der Waals surface area (Å²) in [6.07, 6.45) is 0. The van der Waals surface area contributed by atoms with Crippen molar-refractivity contribution in [2.45, 2.75) is 38.9 Å². The van der Waals surface area contributed by atoms with Gasteiger partial charge in [-0.3, -0.25) is 14.4 Å². The van der Waals surface area contributed by atoms with Crippen LogP contribution in [0.5, 0.6) is 0 Å². The lowest BCUT2D eigenvalue weighted by Gasteiger charge is -2.34. The van der Waals surface area contributed by atoms with E-state index in [0.29, 0.717) is 21.0 Å². The van der Waals surface area contributed by atoms with E-state index in [1.165, 1.54) is 16.2 Å². The SMILES string of the molecule is CC(C)(C)NC(=O)[C@@H](c1ccccc1)N(Cc1ccccc1Cl)C(=O)CNC(=O)c1cccs1. The Morgan fingerprint density at radius 1 is 0.971 bits per heavy atom. The Labute approximate surface area is 208 Å². The van der Waals surface area contributed by atoms with Gasteiger partial charge in [-0.05, 0) is 49.4 Å². The van der Waals surface area contributed by atoms with Gasteiger partial charge in [0.15, 0.2) is 0 Å². The van der Waals surface area contributed by atoms with Crippen molar-refractivity contribution in [3.8, 4) is 0 Å². The molecule has 0 aliphatic carbocycles. The van der Waals surface area contributed by atoms with Crippen LogP contribution in [0.2, 0.25) is 5.02 Å². The first-order valence-corrected chi connectivity index (χ1v) is 12.1.